The second-order valence-corrected chi connectivity index (χ2v) is 5.17. The van der Waals surface area contributed by atoms with Crippen LogP contribution >= 0.6 is 0 Å². The highest BCUT2D eigenvalue weighted by molar-refractivity contribution is 5.08. The predicted molar refractivity (Wildman–Crippen MR) is 71.5 cm³/mol. The first-order chi connectivity index (χ1) is 8.66. The number of likely N-dealkylation sites (N-methyl/N-ethyl adjacent to an activating group) is 1. The Morgan fingerprint density at radius 1 is 1.50 bits per heavy atom. The second-order valence-electron chi connectivity index (χ2n) is 5.17. The molecule has 1 unspecified atom stereocenters. The zero-order valence-electron chi connectivity index (χ0n) is 11.6. The zero-order chi connectivity index (χ0) is 13.0. The van der Waals surface area contributed by atoms with E-state index in [0.717, 1.165) is 45.1 Å². The second kappa shape index (κ2) is 6.31. The maximum Gasteiger partial charge on any atom is 0.0925 e. The molecular formula is C13H24N4O. The first-order valence-electron chi connectivity index (χ1n) is 6.66. The molecular weight excluding hydrogens is 228 g/mol. The average molecular weight is 252 g/mol. The van der Waals surface area contributed by atoms with Crippen LogP contribution in [0.25, 0.3) is 0 Å². The van der Waals surface area contributed by atoms with Gasteiger partial charge in [-0.15, -0.1) is 0 Å². The van der Waals surface area contributed by atoms with Gasteiger partial charge in [0.2, 0.25) is 0 Å². The highest BCUT2D eigenvalue weighted by Crippen LogP contribution is 2.08. The van der Waals surface area contributed by atoms with E-state index in [2.05, 4.69) is 40.7 Å². The monoisotopic (exact) mass is 252 g/mol. The molecule has 0 spiro atoms. The fourth-order valence-electron chi connectivity index (χ4n) is 2.45. The lowest BCUT2D eigenvalue weighted by molar-refractivity contribution is 0.0136. The minimum Gasteiger partial charge on any atom is -0.379 e. The molecule has 1 fully saturated rings. The summed E-state index contributed by atoms with van der Waals surface area (Å²) < 4.78 is 5.39. The van der Waals surface area contributed by atoms with Gasteiger partial charge >= 0.3 is 0 Å². The van der Waals surface area contributed by atoms with Gasteiger partial charge in [-0.3, -0.25) is 9.80 Å². The van der Waals surface area contributed by atoms with E-state index >= 15 is 0 Å². The highest BCUT2D eigenvalue weighted by Gasteiger charge is 2.18. The molecule has 1 aromatic heterocycles. The fourth-order valence-corrected chi connectivity index (χ4v) is 2.45. The maximum atomic E-state index is 5.39. The summed E-state index contributed by atoms with van der Waals surface area (Å²) in [6, 6.07) is 0.568. The van der Waals surface area contributed by atoms with E-state index in [9.17, 15) is 0 Å². The van der Waals surface area contributed by atoms with Gasteiger partial charge in [0.15, 0.2) is 0 Å². The van der Waals surface area contributed by atoms with Gasteiger partial charge in [-0.25, -0.2) is 4.98 Å². The lowest BCUT2D eigenvalue weighted by Gasteiger charge is -2.34. The van der Waals surface area contributed by atoms with Crippen molar-refractivity contribution in [3.05, 3.63) is 17.7 Å². The number of aromatic nitrogens is 2. The third-order valence-corrected chi connectivity index (χ3v) is 3.60. The fraction of sp³-hybridized carbons (Fsp3) is 0.769. The van der Waals surface area contributed by atoms with E-state index < -0.39 is 0 Å². The lowest BCUT2D eigenvalue weighted by Crippen LogP contribution is -2.46. The van der Waals surface area contributed by atoms with Crippen molar-refractivity contribution < 1.29 is 4.74 Å². The van der Waals surface area contributed by atoms with Crippen LogP contribution in [0.5, 0.6) is 0 Å². The Morgan fingerprint density at radius 2 is 2.22 bits per heavy atom. The number of nitrogens with zero attached hydrogens (tertiary/aromatic N) is 3. The molecule has 1 aromatic rings. The Hall–Kier alpha value is -0.910. The quantitative estimate of drug-likeness (QED) is 0.844. The Balaban J connectivity index is 1.79. The number of imidazole rings is 1. The Labute approximate surface area is 109 Å². The summed E-state index contributed by atoms with van der Waals surface area (Å²) in [6.45, 7) is 10.2. The molecule has 1 aliphatic heterocycles. The Morgan fingerprint density at radius 3 is 2.83 bits per heavy atom. The molecule has 1 atom stereocenters. The van der Waals surface area contributed by atoms with Gasteiger partial charge in [0.25, 0.3) is 0 Å². The van der Waals surface area contributed by atoms with Gasteiger partial charge < -0.3 is 9.72 Å². The number of aromatic amines is 1. The summed E-state index contributed by atoms with van der Waals surface area (Å²) in [6.07, 6.45) is 1.77. The van der Waals surface area contributed by atoms with E-state index in [-0.39, 0.29) is 0 Å². The molecule has 0 radical (unpaired) electrons. The third kappa shape index (κ3) is 3.54. The van der Waals surface area contributed by atoms with Crippen LogP contribution < -0.4 is 0 Å². The zero-order valence-corrected chi connectivity index (χ0v) is 11.6. The molecule has 5 heteroatoms. The number of rotatable bonds is 5. The topological polar surface area (TPSA) is 44.4 Å². The summed E-state index contributed by atoms with van der Waals surface area (Å²) >= 11 is 0. The first kappa shape index (κ1) is 13.5. The number of hydrogen-bond acceptors (Lipinski definition) is 4. The van der Waals surface area contributed by atoms with Crippen molar-refractivity contribution >= 4 is 0 Å². The van der Waals surface area contributed by atoms with Crippen LogP contribution in [0, 0.1) is 6.92 Å². The highest BCUT2D eigenvalue weighted by atomic mass is 16.5. The third-order valence-electron chi connectivity index (χ3n) is 3.60. The number of nitrogens with one attached hydrogen (secondary N) is 1. The van der Waals surface area contributed by atoms with Crippen molar-refractivity contribution in [2.75, 3.05) is 39.9 Å². The SMILES string of the molecule is Cc1[nH]cnc1CN(C)CC(C)N1CCOCC1. The lowest BCUT2D eigenvalue weighted by atomic mass is 10.2. The minimum absolute atomic E-state index is 0.568. The number of aryl methyl sites for hydroxylation is 1. The molecule has 1 aliphatic rings. The van der Waals surface area contributed by atoms with Crippen LogP contribution in [0.4, 0.5) is 0 Å². The normalized spacial score (nSPS) is 19.3. The van der Waals surface area contributed by atoms with Crippen LogP contribution in [0.3, 0.4) is 0 Å². The minimum atomic E-state index is 0.568. The van der Waals surface area contributed by atoms with Crippen LogP contribution in [-0.2, 0) is 11.3 Å². The van der Waals surface area contributed by atoms with Crippen LogP contribution in [0.2, 0.25) is 0 Å². The molecule has 1 N–H and O–H groups in total. The molecule has 18 heavy (non-hydrogen) atoms. The largest absolute Gasteiger partial charge is 0.379 e. The molecule has 1 saturated heterocycles. The van der Waals surface area contributed by atoms with E-state index in [0.29, 0.717) is 6.04 Å². The van der Waals surface area contributed by atoms with Gasteiger partial charge in [-0.05, 0) is 20.9 Å². The Kier molecular flexibility index (Phi) is 4.74. The molecule has 2 rings (SSSR count). The van der Waals surface area contributed by atoms with Crippen molar-refractivity contribution in [1.82, 2.24) is 19.8 Å². The first-order valence-corrected chi connectivity index (χ1v) is 6.66. The number of morpholine rings is 1. The van der Waals surface area contributed by atoms with Gasteiger partial charge in [-0.1, -0.05) is 0 Å². The summed E-state index contributed by atoms with van der Waals surface area (Å²) in [5.74, 6) is 0. The van der Waals surface area contributed by atoms with Crippen molar-refractivity contribution in [3.63, 3.8) is 0 Å². The van der Waals surface area contributed by atoms with E-state index in [1.807, 2.05) is 0 Å². The van der Waals surface area contributed by atoms with Crippen molar-refractivity contribution in [2.45, 2.75) is 26.4 Å². The molecule has 0 aliphatic carbocycles. The molecule has 0 saturated carbocycles. The Bertz CT molecular complexity index is 360. The number of ether oxygens (including phenoxy) is 1. The van der Waals surface area contributed by atoms with Gasteiger partial charge in [0.1, 0.15) is 0 Å². The molecule has 0 aromatic carbocycles. The van der Waals surface area contributed by atoms with Crippen LogP contribution in [0.1, 0.15) is 18.3 Å². The maximum absolute atomic E-state index is 5.39. The van der Waals surface area contributed by atoms with Gasteiger partial charge in [-0.2, -0.15) is 0 Å². The van der Waals surface area contributed by atoms with Gasteiger partial charge in [0.05, 0.1) is 25.2 Å². The molecule has 5 nitrogen and oxygen atoms in total. The van der Waals surface area contributed by atoms with Crippen molar-refractivity contribution in [3.8, 4) is 0 Å². The van der Waals surface area contributed by atoms with Gasteiger partial charge in [0, 0.05) is 37.9 Å². The summed E-state index contributed by atoms with van der Waals surface area (Å²) in [5, 5.41) is 0. The standard InChI is InChI=1S/C13H24N4O/c1-11(17-4-6-18-7-5-17)8-16(3)9-13-12(2)14-10-15-13/h10-11H,4-9H2,1-3H3,(H,14,15). The molecule has 102 valence electrons. The summed E-state index contributed by atoms with van der Waals surface area (Å²) in [4.78, 5) is 12.3. The molecule has 2 heterocycles. The summed E-state index contributed by atoms with van der Waals surface area (Å²) in [7, 11) is 2.16. The van der Waals surface area contributed by atoms with E-state index in [1.165, 1.54) is 5.69 Å². The average Bonchev–Trinajstić information content (AvgIpc) is 2.76. The summed E-state index contributed by atoms with van der Waals surface area (Å²) in [5.41, 5.74) is 2.31. The van der Waals surface area contributed by atoms with E-state index in [1.54, 1.807) is 6.33 Å². The molecule has 0 bridgehead atoms. The molecule has 0 amide bonds. The van der Waals surface area contributed by atoms with Crippen LogP contribution in [0.15, 0.2) is 6.33 Å². The number of hydrogen-bond donors (Lipinski definition) is 1. The smallest absolute Gasteiger partial charge is 0.0925 e. The number of H-pyrrole nitrogens is 1. The van der Waals surface area contributed by atoms with Crippen molar-refractivity contribution in [2.24, 2.45) is 0 Å². The van der Waals surface area contributed by atoms with E-state index in [4.69, 9.17) is 4.74 Å². The van der Waals surface area contributed by atoms with Crippen molar-refractivity contribution in [1.29, 1.82) is 0 Å². The van der Waals surface area contributed by atoms with Crippen LogP contribution in [-0.4, -0.2) is 65.7 Å². The predicted octanol–water partition coefficient (Wildman–Crippen LogP) is 0.871.